The summed E-state index contributed by atoms with van der Waals surface area (Å²) in [7, 11) is -2.11. The van der Waals surface area contributed by atoms with Gasteiger partial charge in [0.2, 0.25) is 15.9 Å². The third-order valence-electron chi connectivity index (χ3n) is 4.87. The molecule has 0 aliphatic carbocycles. The fourth-order valence-corrected chi connectivity index (χ4v) is 4.36. The zero-order valence-electron chi connectivity index (χ0n) is 18.5. The van der Waals surface area contributed by atoms with Crippen LogP contribution in [0.15, 0.2) is 58.6 Å². The minimum absolute atomic E-state index is 0.0345. The van der Waals surface area contributed by atoms with Crippen LogP contribution in [-0.4, -0.2) is 42.0 Å². The molecule has 1 amide bonds. The molecule has 1 aromatic heterocycles. The number of nitrogens with one attached hydrogen (secondary N) is 1. The number of benzene rings is 2. The Bertz CT molecular complexity index is 1180. The molecule has 0 saturated carbocycles. The highest BCUT2D eigenvalue weighted by molar-refractivity contribution is 7.99. The molecule has 0 spiro atoms. The largest absolute Gasteiger partial charge is 0.497 e. The second-order valence-corrected chi connectivity index (χ2v) is 9.80. The zero-order valence-corrected chi connectivity index (χ0v) is 20.2. The Balaban J connectivity index is 1.62. The number of hydrogen-bond donors (Lipinski definition) is 2. The molecule has 0 bridgehead atoms. The van der Waals surface area contributed by atoms with Gasteiger partial charge in [-0.2, -0.15) is 0 Å². The molecule has 3 N–H and O–H groups in total. The summed E-state index contributed by atoms with van der Waals surface area (Å²) in [6.07, 6.45) is 1.99. The Morgan fingerprint density at radius 2 is 1.82 bits per heavy atom. The third kappa shape index (κ3) is 6.80. The summed E-state index contributed by atoms with van der Waals surface area (Å²) in [5, 5.41) is 17.3. The second-order valence-electron chi connectivity index (χ2n) is 7.29. The Morgan fingerprint density at radius 1 is 1.12 bits per heavy atom. The monoisotopic (exact) mass is 489 g/mol. The number of methoxy groups -OCH3 is 1. The van der Waals surface area contributed by atoms with Crippen LogP contribution in [0.1, 0.15) is 25.3 Å². The van der Waals surface area contributed by atoms with Gasteiger partial charge >= 0.3 is 0 Å². The van der Waals surface area contributed by atoms with Crippen LogP contribution in [0.5, 0.6) is 5.75 Å². The minimum atomic E-state index is -3.73. The van der Waals surface area contributed by atoms with Crippen molar-refractivity contribution in [2.45, 2.75) is 42.9 Å². The lowest BCUT2D eigenvalue weighted by atomic mass is 10.2. The Hall–Kier alpha value is -2.89. The number of aromatic nitrogens is 3. The minimum Gasteiger partial charge on any atom is -0.497 e. The normalized spacial score (nSPS) is 11.4. The predicted molar refractivity (Wildman–Crippen MR) is 127 cm³/mol. The van der Waals surface area contributed by atoms with Crippen molar-refractivity contribution in [1.29, 1.82) is 0 Å². The van der Waals surface area contributed by atoms with Crippen LogP contribution in [0, 0.1) is 0 Å². The lowest BCUT2D eigenvalue weighted by molar-refractivity contribution is -0.118. The van der Waals surface area contributed by atoms with E-state index in [1.165, 1.54) is 23.9 Å². The molecular formula is C22H27N5O4S2. The summed E-state index contributed by atoms with van der Waals surface area (Å²) in [6, 6.07) is 13.7. The number of nitrogens with two attached hydrogens (primary N) is 1. The predicted octanol–water partition coefficient (Wildman–Crippen LogP) is 2.81. The summed E-state index contributed by atoms with van der Waals surface area (Å²) in [5.74, 6) is 1.54. The number of carbonyl (C=O) groups is 1. The lowest BCUT2D eigenvalue weighted by Crippen LogP contribution is -2.24. The Labute approximate surface area is 197 Å². The van der Waals surface area contributed by atoms with E-state index in [1.807, 2.05) is 28.8 Å². The van der Waals surface area contributed by atoms with Gasteiger partial charge in [-0.3, -0.25) is 4.79 Å². The van der Waals surface area contributed by atoms with E-state index in [4.69, 9.17) is 9.88 Å². The van der Waals surface area contributed by atoms with Crippen LogP contribution >= 0.6 is 11.8 Å². The number of unbranched alkanes of at least 4 members (excludes halogenated alkanes) is 1. The van der Waals surface area contributed by atoms with E-state index >= 15 is 0 Å². The molecule has 0 saturated heterocycles. The number of rotatable bonds is 11. The van der Waals surface area contributed by atoms with Crippen molar-refractivity contribution < 1.29 is 17.9 Å². The molecule has 0 fully saturated rings. The van der Waals surface area contributed by atoms with Crippen molar-refractivity contribution in [2.24, 2.45) is 5.14 Å². The van der Waals surface area contributed by atoms with Gasteiger partial charge in [0.15, 0.2) is 11.0 Å². The first kappa shape index (κ1) is 24.7. The van der Waals surface area contributed by atoms with E-state index in [9.17, 15) is 13.2 Å². The van der Waals surface area contributed by atoms with E-state index in [-0.39, 0.29) is 23.1 Å². The molecule has 9 nitrogen and oxygen atoms in total. The van der Waals surface area contributed by atoms with Crippen LogP contribution in [-0.2, 0) is 27.9 Å². The van der Waals surface area contributed by atoms with Crippen molar-refractivity contribution >= 4 is 27.7 Å². The molecule has 0 aliphatic rings. The number of nitrogens with zero attached hydrogens (tertiary/aromatic N) is 3. The standard InChI is InChI=1S/C22H27N5O4S2/c1-3-4-13-27-21(17-7-9-18(31-2)10-8-17)25-26-22(27)32-15-20(28)24-14-16-5-11-19(12-6-16)33(23,29)30/h5-12H,3-4,13-15H2,1-2H3,(H,24,28)(H2,23,29,30). The molecule has 0 radical (unpaired) electrons. The Kier molecular flexibility index (Phi) is 8.48. The van der Waals surface area contributed by atoms with Gasteiger partial charge in [-0.1, -0.05) is 37.2 Å². The number of primary sulfonamides is 1. The number of ether oxygens (including phenoxy) is 1. The highest BCUT2D eigenvalue weighted by Crippen LogP contribution is 2.26. The van der Waals surface area contributed by atoms with Crippen LogP contribution < -0.4 is 15.2 Å². The van der Waals surface area contributed by atoms with Gasteiger partial charge < -0.3 is 14.6 Å². The molecule has 11 heteroatoms. The Morgan fingerprint density at radius 3 is 2.42 bits per heavy atom. The smallest absolute Gasteiger partial charge is 0.238 e. The van der Waals surface area contributed by atoms with Crippen molar-refractivity contribution in [2.75, 3.05) is 12.9 Å². The molecule has 3 rings (SSSR count). The molecular weight excluding hydrogens is 462 g/mol. The molecule has 176 valence electrons. The van der Waals surface area contributed by atoms with Gasteiger partial charge in [-0.25, -0.2) is 13.6 Å². The number of amides is 1. The SMILES string of the molecule is CCCCn1c(SCC(=O)NCc2ccc(S(N)(=O)=O)cc2)nnc1-c1ccc(OC)cc1. The highest BCUT2D eigenvalue weighted by Gasteiger charge is 2.16. The number of sulfonamides is 1. The zero-order chi connectivity index (χ0) is 23.8. The van der Waals surface area contributed by atoms with Crippen molar-refractivity contribution in [3.8, 4) is 17.1 Å². The van der Waals surface area contributed by atoms with Gasteiger partial charge in [0.25, 0.3) is 0 Å². The maximum absolute atomic E-state index is 12.4. The number of thioether (sulfide) groups is 1. The first-order chi connectivity index (χ1) is 15.8. The average molecular weight is 490 g/mol. The molecule has 1 heterocycles. The average Bonchev–Trinajstić information content (AvgIpc) is 3.22. The van der Waals surface area contributed by atoms with Crippen LogP contribution in [0.3, 0.4) is 0 Å². The van der Waals surface area contributed by atoms with Gasteiger partial charge in [0.05, 0.1) is 17.8 Å². The van der Waals surface area contributed by atoms with Gasteiger partial charge in [-0.15, -0.1) is 10.2 Å². The molecule has 33 heavy (non-hydrogen) atoms. The summed E-state index contributed by atoms with van der Waals surface area (Å²) < 4.78 is 29.9. The molecule has 2 aromatic carbocycles. The molecule has 3 aromatic rings. The van der Waals surface area contributed by atoms with Crippen molar-refractivity contribution in [3.05, 3.63) is 54.1 Å². The highest BCUT2D eigenvalue weighted by atomic mass is 32.2. The first-order valence-electron chi connectivity index (χ1n) is 10.4. The third-order valence-corrected chi connectivity index (χ3v) is 6.77. The number of hydrogen-bond acceptors (Lipinski definition) is 7. The molecule has 0 aliphatic heterocycles. The van der Waals surface area contributed by atoms with E-state index in [2.05, 4.69) is 22.4 Å². The van der Waals surface area contributed by atoms with Crippen LogP contribution in [0.4, 0.5) is 0 Å². The summed E-state index contributed by atoms with van der Waals surface area (Å²) in [6.45, 7) is 3.16. The van der Waals surface area contributed by atoms with E-state index < -0.39 is 10.0 Å². The summed E-state index contributed by atoms with van der Waals surface area (Å²) in [4.78, 5) is 12.4. The maximum Gasteiger partial charge on any atom is 0.238 e. The van der Waals surface area contributed by atoms with E-state index in [1.54, 1.807) is 19.2 Å². The molecule has 0 atom stereocenters. The quantitative estimate of drug-likeness (QED) is 0.396. The van der Waals surface area contributed by atoms with Crippen molar-refractivity contribution in [1.82, 2.24) is 20.1 Å². The first-order valence-corrected chi connectivity index (χ1v) is 12.9. The van der Waals surface area contributed by atoms with Gasteiger partial charge in [-0.05, 0) is 48.4 Å². The topological polar surface area (TPSA) is 129 Å². The second kappa shape index (κ2) is 11.3. The van der Waals surface area contributed by atoms with Gasteiger partial charge in [0, 0.05) is 18.7 Å². The van der Waals surface area contributed by atoms with E-state index in [0.717, 1.165) is 42.1 Å². The van der Waals surface area contributed by atoms with Gasteiger partial charge in [0.1, 0.15) is 5.75 Å². The maximum atomic E-state index is 12.4. The lowest BCUT2D eigenvalue weighted by Gasteiger charge is -2.10. The van der Waals surface area contributed by atoms with E-state index in [0.29, 0.717) is 5.16 Å². The summed E-state index contributed by atoms with van der Waals surface area (Å²) >= 11 is 1.33. The van der Waals surface area contributed by atoms with Crippen LogP contribution in [0.2, 0.25) is 0 Å². The molecule has 0 unspecified atom stereocenters. The fraction of sp³-hybridized carbons (Fsp3) is 0.318. The number of carbonyl (C=O) groups excluding carboxylic acids is 1. The summed E-state index contributed by atoms with van der Waals surface area (Å²) in [5.41, 5.74) is 1.70. The fourth-order valence-electron chi connectivity index (χ4n) is 3.05. The van der Waals surface area contributed by atoms with Crippen LogP contribution in [0.25, 0.3) is 11.4 Å². The van der Waals surface area contributed by atoms with Crippen molar-refractivity contribution in [3.63, 3.8) is 0 Å².